The van der Waals surface area contributed by atoms with Crippen LogP contribution in [0.1, 0.15) is 19.8 Å². The van der Waals surface area contributed by atoms with Gasteiger partial charge in [0.1, 0.15) is 11.6 Å². The van der Waals surface area contributed by atoms with Gasteiger partial charge in [-0.15, -0.1) is 0 Å². The number of hydrogen-bond donors (Lipinski definition) is 1. The van der Waals surface area contributed by atoms with Gasteiger partial charge < -0.3 is 15.5 Å². The first-order chi connectivity index (χ1) is 11.3. The number of rotatable bonds is 3. The van der Waals surface area contributed by atoms with Crippen molar-refractivity contribution < 1.29 is 18.4 Å². The first-order valence-electron chi connectivity index (χ1n) is 8.07. The highest BCUT2D eigenvalue weighted by molar-refractivity contribution is 6.00. The van der Waals surface area contributed by atoms with E-state index < -0.39 is 17.6 Å². The van der Waals surface area contributed by atoms with Gasteiger partial charge in [0.05, 0.1) is 11.6 Å². The highest BCUT2D eigenvalue weighted by Gasteiger charge is 2.42. The topological polar surface area (TPSA) is 66.6 Å². The van der Waals surface area contributed by atoms with Crippen LogP contribution >= 0.6 is 0 Å². The lowest BCUT2D eigenvalue weighted by Crippen LogP contribution is -2.38. The number of benzene rings is 1. The van der Waals surface area contributed by atoms with Gasteiger partial charge in [-0.2, -0.15) is 0 Å². The molecule has 5 nitrogen and oxygen atoms in total. The number of carbonyl (C=O) groups is 2. The highest BCUT2D eigenvalue weighted by Crippen LogP contribution is 2.33. The maximum Gasteiger partial charge on any atom is 0.228 e. The molecule has 24 heavy (non-hydrogen) atoms. The summed E-state index contributed by atoms with van der Waals surface area (Å²) in [6.07, 6.45) is 0.887. The van der Waals surface area contributed by atoms with Gasteiger partial charge in [0.25, 0.3) is 0 Å². The van der Waals surface area contributed by atoms with Crippen LogP contribution < -0.4 is 10.6 Å². The minimum absolute atomic E-state index is 0.0184. The third-order valence-corrected chi connectivity index (χ3v) is 5.04. The van der Waals surface area contributed by atoms with Crippen LogP contribution in [-0.2, 0) is 9.59 Å². The summed E-state index contributed by atoms with van der Waals surface area (Å²) in [6, 6.07) is 3.08. The maximum atomic E-state index is 13.9. The second kappa shape index (κ2) is 6.12. The molecule has 2 aliphatic heterocycles. The van der Waals surface area contributed by atoms with Gasteiger partial charge in [0, 0.05) is 32.1 Å². The molecule has 0 saturated carbocycles. The normalized spacial score (nSPS) is 27.2. The van der Waals surface area contributed by atoms with Crippen molar-refractivity contribution in [1.82, 2.24) is 4.90 Å². The van der Waals surface area contributed by atoms with E-state index in [0.29, 0.717) is 19.6 Å². The van der Waals surface area contributed by atoms with Crippen LogP contribution in [-0.4, -0.2) is 42.9 Å². The van der Waals surface area contributed by atoms with E-state index in [1.165, 1.54) is 11.0 Å². The average molecular weight is 337 g/mol. The lowest BCUT2D eigenvalue weighted by Gasteiger charge is -2.24. The first kappa shape index (κ1) is 16.8. The minimum atomic E-state index is -0.798. The Morgan fingerprint density at radius 3 is 2.79 bits per heavy atom. The van der Waals surface area contributed by atoms with Gasteiger partial charge in [-0.1, -0.05) is 6.92 Å². The number of hydrogen-bond acceptors (Lipinski definition) is 3. The monoisotopic (exact) mass is 337 g/mol. The Bertz CT molecular complexity index is 682. The molecule has 2 fully saturated rings. The van der Waals surface area contributed by atoms with Crippen LogP contribution in [0.3, 0.4) is 0 Å². The fraction of sp³-hybridized carbons (Fsp3) is 0.529. The number of nitrogens with zero attached hydrogens (tertiary/aromatic N) is 2. The predicted molar refractivity (Wildman–Crippen MR) is 85.2 cm³/mol. The number of likely N-dealkylation sites (tertiary alicyclic amines) is 1. The molecule has 1 aromatic carbocycles. The highest BCUT2D eigenvalue weighted by atomic mass is 19.1. The third-order valence-electron chi connectivity index (χ3n) is 5.04. The predicted octanol–water partition coefficient (Wildman–Crippen LogP) is 1.52. The second-order valence-corrected chi connectivity index (χ2v) is 7.03. The smallest absolute Gasteiger partial charge is 0.228 e. The van der Waals surface area contributed by atoms with Crippen LogP contribution in [0.5, 0.6) is 0 Å². The second-order valence-electron chi connectivity index (χ2n) is 7.03. The van der Waals surface area contributed by atoms with E-state index in [2.05, 4.69) is 0 Å². The standard InChI is InChI=1S/C17H21F2N3O2/c1-17(9-20)4-5-21(10-17)16(24)11-6-15(23)22(8-11)14-3-2-12(18)7-13(14)19/h2-3,7,11H,4-6,8-10,20H2,1H3. The fourth-order valence-electron chi connectivity index (χ4n) is 3.44. The zero-order valence-electron chi connectivity index (χ0n) is 13.6. The molecular formula is C17H21F2N3O2. The Kier molecular flexibility index (Phi) is 4.29. The molecule has 0 bridgehead atoms. The maximum absolute atomic E-state index is 13.9. The van der Waals surface area contributed by atoms with Crippen molar-refractivity contribution >= 4 is 17.5 Å². The average Bonchev–Trinajstić information content (AvgIpc) is 3.11. The largest absolute Gasteiger partial charge is 0.342 e. The van der Waals surface area contributed by atoms with Crippen LogP contribution in [0.2, 0.25) is 0 Å². The van der Waals surface area contributed by atoms with E-state index in [4.69, 9.17) is 5.73 Å². The molecule has 2 unspecified atom stereocenters. The van der Waals surface area contributed by atoms with Crippen molar-refractivity contribution in [3.8, 4) is 0 Å². The summed E-state index contributed by atoms with van der Waals surface area (Å²) in [7, 11) is 0. The molecule has 2 atom stereocenters. The third kappa shape index (κ3) is 3.00. The van der Waals surface area contributed by atoms with Crippen molar-refractivity contribution in [2.75, 3.05) is 31.1 Å². The van der Waals surface area contributed by atoms with Gasteiger partial charge in [-0.05, 0) is 30.5 Å². The van der Waals surface area contributed by atoms with E-state index in [-0.39, 0.29) is 35.9 Å². The van der Waals surface area contributed by atoms with Crippen LogP contribution in [0.25, 0.3) is 0 Å². The Morgan fingerprint density at radius 2 is 2.17 bits per heavy atom. The zero-order valence-corrected chi connectivity index (χ0v) is 13.6. The Labute approximate surface area is 139 Å². The molecule has 2 aliphatic rings. The molecule has 1 aromatic rings. The molecule has 2 N–H and O–H groups in total. The van der Waals surface area contributed by atoms with Crippen molar-refractivity contribution in [3.63, 3.8) is 0 Å². The van der Waals surface area contributed by atoms with E-state index in [1.54, 1.807) is 4.90 Å². The van der Waals surface area contributed by atoms with Crippen LogP contribution in [0.15, 0.2) is 18.2 Å². The fourth-order valence-corrected chi connectivity index (χ4v) is 3.44. The lowest BCUT2D eigenvalue weighted by atomic mass is 9.90. The Morgan fingerprint density at radius 1 is 1.42 bits per heavy atom. The van der Waals surface area contributed by atoms with E-state index in [9.17, 15) is 18.4 Å². The molecule has 0 spiro atoms. The minimum Gasteiger partial charge on any atom is -0.342 e. The molecular weight excluding hydrogens is 316 g/mol. The van der Waals surface area contributed by atoms with Crippen molar-refractivity contribution in [3.05, 3.63) is 29.8 Å². The van der Waals surface area contributed by atoms with Crippen molar-refractivity contribution in [2.45, 2.75) is 19.8 Å². The SMILES string of the molecule is CC1(CN)CCN(C(=O)C2CC(=O)N(c3ccc(F)cc3F)C2)C1. The molecule has 130 valence electrons. The number of halogens is 2. The molecule has 0 radical (unpaired) electrons. The van der Waals surface area contributed by atoms with Crippen LogP contribution in [0.4, 0.5) is 14.5 Å². The van der Waals surface area contributed by atoms with E-state index in [1.807, 2.05) is 6.92 Å². The summed E-state index contributed by atoms with van der Waals surface area (Å²) in [6.45, 7) is 3.88. The first-order valence-corrected chi connectivity index (χ1v) is 8.07. The Balaban J connectivity index is 1.72. The molecule has 2 amide bonds. The summed E-state index contributed by atoms with van der Waals surface area (Å²) in [5.74, 6) is -2.41. The van der Waals surface area contributed by atoms with Crippen molar-refractivity contribution in [1.29, 1.82) is 0 Å². The van der Waals surface area contributed by atoms with Crippen molar-refractivity contribution in [2.24, 2.45) is 17.1 Å². The summed E-state index contributed by atoms with van der Waals surface area (Å²) >= 11 is 0. The molecule has 7 heteroatoms. The zero-order chi connectivity index (χ0) is 17.5. The number of amides is 2. The molecule has 0 aliphatic carbocycles. The van der Waals surface area contributed by atoms with Gasteiger partial charge in [-0.25, -0.2) is 8.78 Å². The van der Waals surface area contributed by atoms with E-state index in [0.717, 1.165) is 18.6 Å². The van der Waals surface area contributed by atoms with Gasteiger partial charge in [0.2, 0.25) is 11.8 Å². The number of anilines is 1. The van der Waals surface area contributed by atoms with E-state index >= 15 is 0 Å². The Hall–Kier alpha value is -2.02. The number of nitrogens with two attached hydrogens (primary N) is 1. The van der Waals surface area contributed by atoms with Gasteiger partial charge in [0.15, 0.2) is 0 Å². The van der Waals surface area contributed by atoms with Gasteiger partial charge in [-0.3, -0.25) is 9.59 Å². The summed E-state index contributed by atoms with van der Waals surface area (Å²) in [5.41, 5.74) is 5.70. The lowest BCUT2D eigenvalue weighted by molar-refractivity contribution is -0.135. The molecule has 2 heterocycles. The summed E-state index contributed by atoms with van der Waals surface area (Å²) in [5, 5.41) is 0. The molecule has 0 aromatic heterocycles. The summed E-state index contributed by atoms with van der Waals surface area (Å²) in [4.78, 5) is 27.8. The number of carbonyl (C=O) groups excluding carboxylic acids is 2. The molecule has 3 rings (SSSR count). The van der Waals surface area contributed by atoms with Crippen LogP contribution in [0, 0.1) is 23.0 Å². The summed E-state index contributed by atoms with van der Waals surface area (Å²) < 4.78 is 26.9. The molecule has 2 saturated heterocycles. The quantitative estimate of drug-likeness (QED) is 0.909. The van der Waals surface area contributed by atoms with Gasteiger partial charge >= 0.3 is 0 Å².